The standard InChI is InChI=1S/C8H10ClN5O2.C5HCl3N2O.C5H3Cl2N3O.C5H4N2O4.C3H8N2O.CH3F.2CH4.Cl3OP/c1-3(6(10)15)12-5-2-4(7(11)16)13-8(9)14-5;6-3-1-2(4(7)11)9-5(8)10-3;6-3-1-2(4(8)11)9-5(7)10-3;8-3-1-2(4(9)10)6-5(11)7-3;1-2(4)3(5)6;1-2;;;1-5(2,3)4/h2-3H,1H3,(H2,10,15)(H2,11,16)(H,12,13,14);1H;1H,(H2,8,11);1H,(H,9,10)(H2,6,7,8,11);2H,4H2,1H3,(H2,5,6);1H3;2*1H4;/t;;;;2-;;;;/m....0..../s1/i;;;;;1D;;;. The van der Waals surface area contributed by atoms with Crippen molar-refractivity contribution in [1.82, 2.24) is 39.9 Å². The number of carboxylic acid groups (broad SMARTS) is 1. The number of carboxylic acids is 1. The van der Waals surface area contributed by atoms with E-state index in [4.69, 9.17) is 99.0 Å². The molecule has 2 atom stereocenters. The van der Waals surface area contributed by atoms with Crippen LogP contribution < -0.4 is 45.2 Å². The van der Waals surface area contributed by atoms with Crippen LogP contribution in [0.25, 0.3) is 0 Å². The summed E-state index contributed by atoms with van der Waals surface area (Å²) in [6.07, 6.45) is 0. The highest BCUT2D eigenvalue weighted by atomic mass is 36.0. The van der Waals surface area contributed by atoms with Crippen LogP contribution in [0.3, 0.4) is 0 Å². The maximum atomic E-state index is 10.9. The van der Waals surface area contributed by atoms with E-state index in [1.807, 2.05) is 9.97 Å². The van der Waals surface area contributed by atoms with Gasteiger partial charge in [0.05, 0.1) is 14.6 Å². The molecule has 0 fully saturated rings. The van der Waals surface area contributed by atoms with E-state index in [1.54, 1.807) is 13.8 Å². The summed E-state index contributed by atoms with van der Waals surface area (Å²) in [7, 11) is -1.00. The van der Waals surface area contributed by atoms with Crippen molar-refractivity contribution in [2.45, 2.75) is 40.8 Å². The Hall–Kier alpha value is -4.53. The van der Waals surface area contributed by atoms with Gasteiger partial charge >= 0.3 is 16.9 Å². The minimum Gasteiger partial charge on any atom is -0.477 e. The molecule has 24 nitrogen and oxygen atoms in total. The highest BCUT2D eigenvalue weighted by Crippen LogP contribution is 2.61. The van der Waals surface area contributed by atoms with Gasteiger partial charge in [0.25, 0.3) is 22.6 Å². The van der Waals surface area contributed by atoms with Crippen LogP contribution in [-0.4, -0.2) is 99.1 Å². The van der Waals surface area contributed by atoms with Crippen molar-refractivity contribution in [3.8, 4) is 0 Å². The van der Waals surface area contributed by atoms with Crippen molar-refractivity contribution in [1.29, 1.82) is 0 Å². The summed E-state index contributed by atoms with van der Waals surface area (Å²) in [6, 6.07) is 3.41. The number of H-pyrrole nitrogens is 2. The Morgan fingerprint density at radius 1 is 0.734 bits per heavy atom. The third-order valence-corrected chi connectivity index (χ3v) is 6.06. The van der Waals surface area contributed by atoms with E-state index in [9.17, 15) is 47.3 Å². The van der Waals surface area contributed by atoms with Gasteiger partial charge in [-0.05, 0) is 94.0 Å². The first kappa shape index (κ1) is 66.1. The van der Waals surface area contributed by atoms with Gasteiger partial charge in [-0.15, -0.1) is 0 Å². The van der Waals surface area contributed by atoms with Crippen LogP contribution in [0.5, 0.6) is 0 Å². The van der Waals surface area contributed by atoms with Crippen LogP contribution in [0.4, 0.5) is 10.2 Å². The van der Waals surface area contributed by atoms with Crippen molar-refractivity contribution >= 4 is 149 Å². The van der Waals surface area contributed by atoms with Crippen LogP contribution in [0.15, 0.2) is 33.9 Å². The summed E-state index contributed by atoms with van der Waals surface area (Å²) < 4.78 is 25.0. The van der Waals surface area contributed by atoms with E-state index in [2.05, 4.69) is 74.7 Å². The Morgan fingerprint density at radius 2 is 1.09 bits per heavy atom. The zero-order chi connectivity index (χ0) is 49.9. The highest BCUT2D eigenvalue weighted by molar-refractivity contribution is 8.24. The second-order valence-electron chi connectivity index (χ2n) is 9.76. The molecule has 1 unspecified atom stereocenters. The molecule has 0 spiro atoms. The van der Waals surface area contributed by atoms with Crippen LogP contribution >= 0.6 is 109 Å². The number of nitrogens with one attached hydrogen (secondary N) is 3. The van der Waals surface area contributed by atoms with E-state index >= 15 is 0 Å². The third-order valence-electron chi connectivity index (χ3n) is 4.97. The van der Waals surface area contributed by atoms with Gasteiger partial charge in [-0.1, -0.05) is 38.1 Å². The van der Waals surface area contributed by atoms with Gasteiger partial charge in [-0.3, -0.25) is 42.7 Å². The number of hydrogen-bond acceptors (Lipinski definition) is 17. The number of alkyl halides is 1. The van der Waals surface area contributed by atoms with Crippen LogP contribution in [0.2, 0.25) is 26.2 Å². The van der Waals surface area contributed by atoms with E-state index in [0.717, 1.165) is 6.07 Å². The predicted molar refractivity (Wildman–Crippen MR) is 244 cm³/mol. The second-order valence-corrected chi connectivity index (χ2v) is 18.5. The lowest BCUT2D eigenvalue weighted by Gasteiger charge is -2.10. The normalized spacial score (nSPS) is 10.4. The zero-order valence-corrected chi connectivity index (χ0v) is 38.3. The molecule has 4 heterocycles. The monoisotopic (exact) mass is 1110 g/mol. The average Bonchev–Trinajstić information content (AvgIpc) is 3.11. The van der Waals surface area contributed by atoms with E-state index in [0.29, 0.717) is 0 Å². The number of rotatable bonds is 8. The number of aromatic nitrogens is 8. The molecule has 0 bridgehead atoms. The maximum absolute atomic E-state index is 10.9. The van der Waals surface area contributed by atoms with Gasteiger partial charge in [0.15, 0.2) is 0 Å². The minimum absolute atomic E-state index is 0. The van der Waals surface area contributed by atoms with Crippen molar-refractivity contribution < 1.29 is 44.2 Å². The Morgan fingerprint density at radius 3 is 1.41 bits per heavy atom. The lowest BCUT2D eigenvalue weighted by atomic mass is 10.3. The van der Waals surface area contributed by atoms with Crippen LogP contribution in [0.1, 0.15) is 72.0 Å². The lowest BCUT2D eigenvalue weighted by molar-refractivity contribution is -0.119. The van der Waals surface area contributed by atoms with Gasteiger partial charge in [0.2, 0.25) is 27.7 Å². The molecule has 4 rings (SSSR count). The largest absolute Gasteiger partial charge is 0.477 e. The molecule has 0 saturated carbocycles. The fraction of sp³-hybridized carbons (Fsp3) is 0.241. The average molecular weight is 1110 g/mol. The molecule has 0 aliphatic rings. The van der Waals surface area contributed by atoms with Crippen molar-refractivity contribution in [3.05, 3.63) is 94.0 Å². The van der Waals surface area contributed by atoms with Gasteiger partial charge in [-0.25, -0.2) is 39.5 Å². The fourth-order valence-electron chi connectivity index (χ4n) is 2.50. The first-order chi connectivity index (χ1) is 28.7. The molecule has 0 saturated heterocycles. The second kappa shape index (κ2) is 34.8. The van der Waals surface area contributed by atoms with E-state index in [-0.39, 0.29) is 63.9 Å². The van der Waals surface area contributed by atoms with Crippen molar-refractivity contribution in [2.75, 3.05) is 12.5 Å². The van der Waals surface area contributed by atoms with Crippen LogP contribution in [-0.2, 0) is 14.2 Å². The topological polar surface area (TPSA) is 425 Å². The Bertz CT molecular complexity index is 2230. The molecule has 4 amide bonds. The molecule has 14 N–H and O–H groups in total. The highest BCUT2D eigenvalue weighted by Gasteiger charge is 2.13. The van der Waals surface area contributed by atoms with Crippen LogP contribution in [0, 0.1) is 0 Å². The number of amides is 4. The molecule has 0 aromatic carbocycles. The number of nitrogens with two attached hydrogens (primary N) is 5. The minimum atomic E-state index is -3.22. The molecular formula is C29H37Cl9FN14O10P. The molecular weight excluding hydrogens is 1070 g/mol. The number of aromatic carboxylic acids is 1. The summed E-state index contributed by atoms with van der Waals surface area (Å²) in [4.78, 5) is 109. The first-order valence-corrected chi connectivity index (χ1v) is 21.4. The SMILES string of the molecule is C.C.CC(Nc1cc(C(N)=O)nc(Cl)n1)C(N)=O.C[C@H](N)C(N)=O.NC(=O)c1cc(Cl)nc(Cl)n1.O=C(Cl)c1cc(Cl)nc(Cl)n1.O=C(O)c1cc(=O)[nH]c(=O)[nH]1.O=P(Cl)(Cl)Cl.[2H]CF. The molecule has 0 aliphatic carbocycles. The molecule has 35 heteroatoms. The fourth-order valence-corrected chi connectivity index (χ4v) is 3.60. The number of carbonyl (C=O) groups excluding carboxylic acids is 5. The predicted octanol–water partition coefficient (Wildman–Crippen LogP) is 4.81. The molecule has 358 valence electrons. The molecule has 0 aliphatic heterocycles. The quantitative estimate of drug-likeness (QED) is 0.0494. The Kier molecular flexibility index (Phi) is 36.0. The number of hydrogen-bond donors (Lipinski definition) is 9. The number of nitrogens with zero attached hydrogens (tertiary/aromatic N) is 6. The van der Waals surface area contributed by atoms with Crippen molar-refractivity contribution in [3.63, 3.8) is 0 Å². The summed E-state index contributed by atoms with van der Waals surface area (Å²) in [6.45, 7) is 3.09. The summed E-state index contributed by atoms with van der Waals surface area (Å²) >= 11 is 46.2. The number of aromatic amines is 2. The molecule has 4 aromatic heterocycles. The van der Waals surface area contributed by atoms with Crippen molar-refractivity contribution in [2.24, 2.45) is 28.7 Å². The summed E-state index contributed by atoms with van der Waals surface area (Å²) in [5, 5.41) is 6.89. The summed E-state index contributed by atoms with van der Waals surface area (Å²) in [5.41, 5.74) is 22.6. The van der Waals surface area contributed by atoms with Gasteiger partial charge in [-0.2, -0.15) is 0 Å². The third kappa shape index (κ3) is 35.9. The number of halogens is 10. The summed E-state index contributed by atoms with van der Waals surface area (Å²) in [5.74, 6) is -3.58. The van der Waals surface area contributed by atoms with Gasteiger partial charge < -0.3 is 44.1 Å². The zero-order valence-electron chi connectivity index (χ0n) is 31.6. The number of anilines is 1. The van der Waals surface area contributed by atoms with E-state index in [1.165, 1.54) is 18.2 Å². The smallest absolute Gasteiger partial charge is 0.352 e. The van der Waals surface area contributed by atoms with Gasteiger partial charge in [0.1, 0.15) is 44.9 Å². The number of carbonyl (C=O) groups is 6. The maximum Gasteiger partial charge on any atom is 0.352 e. The molecule has 4 aromatic rings. The lowest BCUT2D eigenvalue weighted by Crippen LogP contribution is -2.33. The first-order valence-electron chi connectivity index (χ1n) is 15.4. The number of primary amides is 4. The molecule has 64 heavy (non-hydrogen) atoms. The van der Waals surface area contributed by atoms with E-state index < -0.39 is 76.2 Å². The Labute approximate surface area is 406 Å². The Balaban J connectivity index is -0.000000224. The molecule has 0 radical (unpaired) electrons. The van der Waals surface area contributed by atoms with Gasteiger partial charge in [0, 0.05) is 24.3 Å².